The minimum absolute atomic E-state index is 0.0129. The summed E-state index contributed by atoms with van der Waals surface area (Å²) < 4.78 is 0. The Hall–Kier alpha value is -4.48. The van der Waals surface area contributed by atoms with Gasteiger partial charge in [0.05, 0.1) is 0 Å². The number of primary amides is 1. The smallest absolute Gasteiger partial charge is 0.320 e. The molecule has 2 atom stereocenters. The summed E-state index contributed by atoms with van der Waals surface area (Å²) in [5.74, 6) is -2.33. The molecule has 0 bridgehead atoms. The van der Waals surface area contributed by atoms with Gasteiger partial charge in [0.1, 0.15) is 12.1 Å². The number of carboxylic acids is 2. The second kappa shape index (κ2) is 16.2. The van der Waals surface area contributed by atoms with Crippen molar-refractivity contribution in [1.82, 2.24) is 0 Å². The van der Waals surface area contributed by atoms with E-state index in [2.05, 4.69) is 4.99 Å². The number of guanidine groups is 1. The number of rotatable bonds is 9. The van der Waals surface area contributed by atoms with Gasteiger partial charge in [-0.05, 0) is 47.7 Å². The fourth-order valence-electron chi connectivity index (χ4n) is 2.94. The van der Waals surface area contributed by atoms with Gasteiger partial charge in [0.2, 0.25) is 5.91 Å². The van der Waals surface area contributed by atoms with Gasteiger partial charge in [-0.3, -0.25) is 19.4 Å². The molecule has 1 amide bonds. The molecule has 11 heteroatoms. The van der Waals surface area contributed by atoms with E-state index >= 15 is 0 Å². The molecule has 3 aromatic rings. The summed E-state index contributed by atoms with van der Waals surface area (Å²) in [6, 6.07) is 21.0. The van der Waals surface area contributed by atoms with Crippen LogP contribution >= 0.6 is 0 Å². The first-order chi connectivity index (χ1) is 17.5. The molecular formula is C26H34N6O5. The zero-order valence-corrected chi connectivity index (χ0v) is 20.4. The summed E-state index contributed by atoms with van der Waals surface area (Å²) in [7, 11) is 0. The fraction of sp³-hybridized carbons (Fsp3) is 0.231. The third-order valence-electron chi connectivity index (χ3n) is 4.93. The summed E-state index contributed by atoms with van der Waals surface area (Å²) in [4.78, 5) is 35.1. The van der Waals surface area contributed by atoms with Crippen LogP contribution in [0.4, 0.5) is 0 Å². The lowest BCUT2D eigenvalue weighted by atomic mass is 10.1. The number of amides is 1. The summed E-state index contributed by atoms with van der Waals surface area (Å²) in [6.45, 7) is 0.420. The maximum Gasteiger partial charge on any atom is 0.320 e. The van der Waals surface area contributed by atoms with Crippen LogP contribution in [0, 0.1) is 0 Å². The van der Waals surface area contributed by atoms with Gasteiger partial charge in [-0.2, -0.15) is 0 Å². The highest BCUT2D eigenvalue weighted by Crippen LogP contribution is 2.14. The molecule has 0 saturated carbocycles. The number of nitrogens with zero attached hydrogens (tertiary/aromatic N) is 1. The van der Waals surface area contributed by atoms with E-state index in [1.165, 1.54) is 0 Å². The van der Waals surface area contributed by atoms with Gasteiger partial charge in [-0.15, -0.1) is 0 Å². The molecule has 0 heterocycles. The van der Waals surface area contributed by atoms with Gasteiger partial charge in [-0.25, -0.2) is 0 Å². The average molecular weight is 511 g/mol. The zero-order valence-electron chi connectivity index (χ0n) is 20.4. The van der Waals surface area contributed by atoms with Gasteiger partial charge >= 0.3 is 11.9 Å². The molecule has 3 aromatic carbocycles. The Labute approximate surface area is 214 Å². The highest BCUT2D eigenvalue weighted by Gasteiger charge is 2.11. The first-order valence-electron chi connectivity index (χ1n) is 11.4. The first-order valence-corrected chi connectivity index (χ1v) is 11.4. The van der Waals surface area contributed by atoms with Crippen LogP contribution in [0.15, 0.2) is 77.8 Å². The minimum Gasteiger partial charge on any atom is -0.480 e. The second-order valence-corrected chi connectivity index (χ2v) is 7.95. The largest absolute Gasteiger partial charge is 0.480 e. The Morgan fingerprint density at radius 2 is 1.32 bits per heavy atom. The van der Waals surface area contributed by atoms with Gasteiger partial charge in [0.25, 0.3) is 0 Å². The number of aliphatic carboxylic acids is 2. The Bertz CT molecular complexity index is 1180. The Morgan fingerprint density at radius 1 is 0.757 bits per heavy atom. The molecule has 12 N–H and O–H groups in total. The predicted molar refractivity (Wildman–Crippen MR) is 144 cm³/mol. The van der Waals surface area contributed by atoms with Gasteiger partial charge in [0.15, 0.2) is 5.96 Å². The molecular weight excluding hydrogens is 476 g/mol. The molecule has 0 aliphatic rings. The van der Waals surface area contributed by atoms with Gasteiger partial charge in [0, 0.05) is 12.1 Å². The quantitative estimate of drug-likeness (QED) is 0.123. The second-order valence-electron chi connectivity index (χ2n) is 7.95. The number of aliphatic imine (C=N–C) groups is 1. The standard InChI is InChI=1S/C11H9NO.C9H11NO2.C6H14N4O2/c12-11(13)10-6-5-8-3-1-2-4-9(8)7-10;10-8(9(11)12)6-7-4-2-1-3-5-7;7-4(5(11)12)2-1-3-10-6(8)9/h1-7H,(H2,12,13);1-5,8H,6,10H2,(H,11,12);4H,1-3,7H2,(H,11,12)(H4,8,9,10). The van der Waals surface area contributed by atoms with Crippen molar-refractivity contribution >= 4 is 34.6 Å². The van der Waals surface area contributed by atoms with E-state index in [4.69, 9.17) is 38.9 Å². The topological polar surface area (TPSA) is 234 Å². The number of fused-ring (bicyclic) bond motifs is 1. The minimum atomic E-state index is -1.00. The molecule has 3 rings (SSSR count). The first kappa shape index (κ1) is 30.6. The molecule has 0 spiro atoms. The third kappa shape index (κ3) is 12.7. The molecule has 2 unspecified atom stereocenters. The van der Waals surface area contributed by atoms with Crippen molar-refractivity contribution < 1.29 is 24.6 Å². The van der Waals surface area contributed by atoms with Crippen LogP contribution in [0.1, 0.15) is 28.8 Å². The molecule has 11 nitrogen and oxygen atoms in total. The molecule has 0 saturated heterocycles. The molecule has 0 aliphatic heterocycles. The molecule has 198 valence electrons. The lowest BCUT2D eigenvalue weighted by Gasteiger charge is -2.04. The van der Waals surface area contributed by atoms with E-state index in [-0.39, 0.29) is 11.9 Å². The predicted octanol–water partition coefficient (Wildman–Crippen LogP) is 1.03. The normalized spacial score (nSPS) is 11.5. The lowest BCUT2D eigenvalue weighted by molar-refractivity contribution is -0.139. The average Bonchev–Trinajstić information content (AvgIpc) is 2.87. The van der Waals surface area contributed by atoms with Crippen molar-refractivity contribution in [3.05, 3.63) is 83.9 Å². The molecule has 0 aliphatic carbocycles. The number of nitrogens with two attached hydrogens (primary N) is 5. The Morgan fingerprint density at radius 3 is 1.86 bits per heavy atom. The van der Waals surface area contributed by atoms with Gasteiger partial charge in [-0.1, -0.05) is 60.7 Å². The lowest BCUT2D eigenvalue weighted by Crippen LogP contribution is -2.32. The van der Waals surface area contributed by atoms with Crippen LogP contribution in [0.2, 0.25) is 0 Å². The maximum absolute atomic E-state index is 10.9. The van der Waals surface area contributed by atoms with Gasteiger partial charge < -0.3 is 38.9 Å². The van der Waals surface area contributed by atoms with E-state index < -0.39 is 24.0 Å². The van der Waals surface area contributed by atoms with E-state index in [1.807, 2.05) is 60.7 Å². The van der Waals surface area contributed by atoms with Crippen molar-refractivity contribution in [2.24, 2.45) is 33.7 Å². The number of hydrogen-bond acceptors (Lipinski definition) is 6. The van der Waals surface area contributed by atoms with Crippen LogP contribution in [0.5, 0.6) is 0 Å². The number of carboxylic acid groups (broad SMARTS) is 2. The molecule has 0 fully saturated rings. The van der Waals surface area contributed by atoms with Crippen LogP contribution in [0.25, 0.3) is 10.8 Å². The van der Waals surface area contributed by atoms with E-state index in [0.717, 1.165) is 16.3 Å². The van der Waals surface area contributed by atoms with Crippen LogP contribution in [-0.2, 0) is 16.0 Å². The van der Waals surface area contributed by atoms with Crippen molar-refractivity contribution in [3.8, 4) is 0 Å². The highest BCUT2D eigenvalue weighted by molar-refractivity contribution is 5.97. The number of benzene rings is 3. The Balaban J connectivity index is 0.000000278. The maximum atomic E-state index is 10.9. The number of carbonyl (C=O) groups excluding carboxylic acids is 1. The Kier molecular flexibility index (Phi) is 13.4. The van der Waals surface area contributed by atoms with E-state index in [1.54, 1.807) is 12.1 Å². The van der Waals surface area contributed by atoms with Crippen LogP contribution in [-0.4, -0.2) is 52.6 Å². The summed E-state index contributed by atoms with van der Waals surface area (Å²) in [5.41, 5.74) is 27.3. The number of hydrogen-bond donors (Lipinski definition) is 7. The van der Waals surface area contributed by atoms with Crippen LogP contribution < -0.4 is 28.7 Å². The monoisotopic (exact) mass is 510 g/mol. The van der Waals surface area contributed by atoms with E-state index in [0.29, 0.717) is 31.4 Å². The van der Waals surface area contributed by atoms with Crippen molar-refractivity contribution in [3.63, 3.8) is 0 Å². The molecule has 0 radical (unpaired) electrons. The molecule has 0 aromatic heterocycles. The fourth-order valence-corrected chi connectivity index (χ4v) is 2.94. The van der Waals surface area contributed by atoms with Crippen LogP contribution in [0.3, 0.4) is 0 Å². The summed E-state index contributed by atoms with van der Waals surface area (Å²) >= 11 is 0. The summed E-state index contributed by atoms with van der Waals surface area (Å²) in [6.07, 6.45) is 1.34. The number of carbonyl (C=O) groups is 3. The van der Waals surface area contributed by atoms with Crippen molar-refractivity contribution in [2.45, 2.75) is 31.3 Å². The SMILES string of the molecule is NC(=O)c1ccc2ccccc2c1.NC(Cc1ccccc1)C(=O)O.NC(N)=NCCCC(N)C(=O)O. The zero-order chi connectivity index (χ0) is 27.8. The third-order valence-corrected chi connectivity index (χ3v) is 4.93. The van der Waals surface area contributed by atoms with Crippen molar-refractivity contribution in [2.75, 3.05) is 6.54 Å². The van der Waals surface area contributed by atoms with E-state index in [9.17, 15) is 14.4 Å². The van der Waals surface area contributed by atoms with Crippen molar-refractivity contribution in [1.29, 1.82) is 0 Å². The highest BCUT2D eigenvalue weighted by atomic mass is 16.4. The summed E-state index contributed by atoms with van der Waals surface area (Å²) in [5, 5.41) is 19.1. The molecule has 37 heavy (non-hydrogen) atoms.